The minimum absolute atomic E-state index is 0.0726. The van der Waals surface area contributed by atoms with Crippen LogP contribution in [0.1, 0.15) is 16.7 Å². The Morgan fingerprint density at radius 1 is 0.875 bits per heavy atom. The van der Waals surface area contributed by atoms with E-state index in [0.717, 1.165) is 5.56 Å². The topological polar surface area (TPSA) is 91.3 Å². The Morgan fingerprint density at radius 2 is 1.50 bits per heavy atom. The van der Waals surface area contributed by atoms with E-state index in [4.69, 9.17) is 13.7 Å². The van der Waals surface area contributed by atoms with Gasteiger partial charge in [-0.25, -0.2) is 9.79 Å². The number of hydrogen-bond donors (Lipinski definition) is 0. The van der Waals surface area contributed by atoms with Crippen LogP contribution in [0.5, 0.6) is 11.5 Å². The maximum absolute atomic E-state index is 12.4. The standard InChI is InChI=1S/C24H19NO6S/c1-16-3-13-21(14-4-16)32(27,28)31-20-9-5-17(6-10-20)15-22-24(26)30-23(25-22)18-7-11-19(29-2)12-8-18/h3-15H,1-2H3/b22-15+. The van der Waals surface area contributed by atoms with E-state index in [2.05, 4.69) is 4.99 Å². The summed E-state index contributed by atoms with van der Waals surface area (Å²) in [7, 11) is -2.37. The maximum Gasteiger partial charge on any atom is 0.363 e. The number of aliphatic imine (C=N–C) groups is 1. The number of ether oxygens (including phenoxy) is 2. The summed E-state index contributed by atoms with van der Waals surface area (Å²) in [6.45, 7) is 1.87. The second kappa shape index (κ2) is 8.68. The van der Waals surface area contributed by atoms with E-state index in [0.29, 0.717) is 16.9 Å². The molecule has 0 spiro atoms. The van der Waals surface area contributed by atoms with Crippen molar-refractivity contribution < 1.29 is 26.9 Å². The lowest BCUT2D eigenvalue weighted by molar-refractivity contribution is -0.129. The fourth-order valence-corrected chi connectivity index (χ4v) is 3.85. The van der Waals surface area contributed by atoms with Crippen molar-refractivity contribution in [3.05, 3.63) is 95.2 Å². The number of carbonyl (C=O) groups is 1. The zero-order chi connectivity index (χ0) is 22.7. The number of esters is 1. The largest absolute Gasteiger partial charge is 0.497 e. The normalized spacial score (nSPS) is 14.8. The lowest BCUT2D eigenvalue weighted by atomic mass is 10.2. The number of benzene rings is 3. The van der Waals surface area contributed by atoms with Crippen LogP contribution in [-0.4, -0.2) is 27.4 Å². The van der Waals surface area contributed by atoms with Crippen molar-refractivity contribution in [3.8, 4) is 11.5 Å². The Bertz CT molecular complexity index is 1310. The highest BCUT2D eigenvalue weighted by molar-refractivity contribution is 7.87. The monoisotopic (exact) mass is 449 g/mol. The summed E-state index contributed by atoms with van der Waals surface area (Å²) in [5.74, 6) is 0.469. The smallest absolute Gasteiger partial charge is 0.363 e. The Hall–Kier alpha value is -3.91. The van der Waals surface area contributed by atoms with Gasteiger partial charge >= 0.3 is 16.1 Å². The Balaban J connectivity index is 1.50. The van der Waals surface area contributed by atoms with Crippen LogP contribution >= 0.6 is 0 Å². The van der Waals surface area contributed by atoms with E-state index in [-0.39, 0.29) is 22.2 Å². The van der Waals surface area contributed by atoms with Crippen LogP contribution in [0.2, 0.25) is 0 Å². The SMILES string of the molecule is COc1ccc(C2=N/C(=C/c3ccc(OS(=O)(=O)c4ccc(C)cc4)cc3)C(=O)O2)cc1. The predicted molar refractivity (Wildman–Crippen MR) is 119 cm³/mol. The molecule has 0 saturated carbocycles. The van der Waals surface area contributed by atoms with Gasteiger partial charge in [0.2, 0.25) is 5.90 Å². The van der Waals surface area contributed by atoms with Crippen molar-refractivity contribution in [3.63, 3.8) is 0 Å². The summed E-state index contributed by atoms with van der Waals surface area (Å²) in [4.78, 5) is 16.5. The molecule has 0 bridgehead atoms. The van der Waals surface area contributed by atoms with E-state index in [1.807, 2.05) is 6.92 Å². The van der Waals surface area contributed by atoms with Crippen molar-refractivity contribution in [1.29, 1.82) is 0 Å². The first-order valence-corrected chi connectivity index (χ1v) is 11.0. The molecule has 0 amide bonds. The summed E-state index contributed by atoms with van der Waals surface area (Å²) >= 11 is 0. The minimum Gasteiger partial charge on any atom is -0.497 e. The van der Waals surface area contributed by atoms with Crippen LogP contribution in [0.4, 0.5) is 0 Å². The molecule has 1 heterocycles. The number of nitrogens with zero attached hydrogens (tertiary/aromatic N) is 1. The predicted octanol–water partition coefficient (Wildman–Crippen LogP) is 4.12. The van der Waals surface area contributed by atoms with Gasteiger partial charge in [0, 0.05) is 5.56 Å². The van der Waals surface area contributed by atoms with Crippen LogP contribution in [0, 0.1) is 6.92 Å². The van der Waals surface area contributed by atoms with Crippen LogP contribution in [-0.2, 0) is 19.6 Å². The van der Waals surface area contributed by atoms with Crippen molar-refractivity contribution in [2.75, 3.05) is 7.11 Å². The highest BCUT2D eigenvalue weighted by Crippen LogP contribution is 2.23. The van der Waals surface area contributed by atoms with Crippen molar-refractivity contribution in [1.82, 2.24) is 0 Å². The van der Waals surface area contributed by atoms with Gasteiger partial charge in [-0.15, -0.1) is 0 Å². The average Bonchev–Trinajstić information content (AvgIpc) is 3.15. The molecule has 0 atom stereocenters. The molecule has 1 aliphatic heterocycles. The average molecular weight is 449 g/mol. The van der Waals surface area contributed by atoms with Gasteiger partial charge in [0.05, 0.1) is 7.11 Å². The van der Waals surface area contributed by atoms with Crippen LogP contribution in [0.3, 0.4) is 0 Å². The van der Waals surface area contributed by atoms with Crippen molar-refractivity contribution in [2.24, 2.45) is 4.99 Å². The first-order chi connectivity index (χ1) is 15.3. The first kappa shape index (κ1) is 21.3. The molecule has 0 saturated heterocycles. The zero-order valence-electron chi connectivity index (χ0n) is 17.3. The third-order valence-corrected chi connectivity index (χ3v) is 5.92. The molecule has 1 aliphatic rings. The van der Waals surface area contributed by atoms with Gasteiger partial charge in [0.1, 0.15) is 16.4 Å². The number of methoxy groups -OCH3 is 1. The molecule has 162 valence electrons. The molecule has 0 fully saturated rings. The molecule has 0 aromatic heterocycles. The van der Waals surface area contributed by atoms with Gasteiger partial charge in [-0.1, -0.05) is 29.8 Å². The first-order valence-electron chi connectivity index (χ1n) is 9.62. The van der Waals surface area contributed by atoms with Crippen LogP contribution < -0.4 is 8.92 Å². The molecular weight excluding hydrogens is 430 g/mol. The van der Waals surface area contributed by atoms with E-state index in [9.17, 15) is 13.2 Å². The number of hydrogen-bond acceptors (Lipinski definition) is 7. The van der Waals surface area contributed by atoms with Crippen molar-refractivity contribution in [2.45, 2.75) is 11.8 Å². The second-order valence-electron chi connectivity index (χ2n) is 6.98. The molecular formula is C24H19NO6S. The fraction of sp³-hybridized carbons (Fsp3) is 0.0833. The summed E-state index contributed by atoms with van der Waals surface area (Å²) in [5, 5.41) is 0. The molecule has 3 aromatic rings. The van der Waals surface area contributed by atoms with Gasteiger partial charge in [0.15, 0.2) is 5.70 Å². The molecule has 0 N–H and O–H groups in total. The third-order valence-electron chi connectivity index (χ3n) is 4.66. The van der Waals surface area contributed by atoms with E-state index in [1.165, 1.54) is 24.3 Å². The Morgan fingerprint density at radius 3 is 2.12 bits per heavy atom. The minimum atomic E-state index is -3.94. The molecule has 32 heavy (non-hydrogen) atoms. The molecule has 8 heteroatoms. The highest BCUT2D eigenvalue weighted by atomic mass is 32.2. The molecule has 0 unspecified atom stereocenters. The molecule has 3 aromatic carbocycles. The van der Waals surface area contributed by atoms with Crippen molar-refractivity contribution >= 4 is 28.1 Å². The number of cyclic esters (lactones) is 1. The van der Waals surface area contributed by atoms with Gasteiger partial charge in [-0.3, -0.25) is 0 Å². The zero-order valence-corrected chi connectivity index (χ0v) is 18.1. The summed E-state index contributed by atoms with van der Waals surface area (Å²) in [6, 6.07) is 19.6. The lowest BCUT2D eigenvalue weighted by Gasteiger charge is -2.07. The van der Waals surface area contributed by atoms with Crippen LogP contribution in [0.25, 0.3) is 6.08 Å². The highest BCUT2D eigenvalue weighted by Gasteiger charge is 2.24. The molecule has 4 rings (SSSR count). The Labute approximate surface area is 185 Å². The van der Waals surface area contributed by atoms with Gasteiger partial charge in [0.25, 0.3) is 0 Å². The third kappa shape index (κ3) is 4.70. The van der Waals surface area contributed by atoms with Gasteiger partial charge in [-0.05, 0) is 67.1 Å². The number of aryl methyl sites for hydroxylation is 1. The second-order valence-corrected chi connectivity index (χ2v) is 8.53. The summed E-state index contributed by atoms with van der Waals surface area (Å²) in [6.07, 6.45) is 1.55. The molecule has 0 radical (unpaired) electrons. The molecule has 0 aliphatic carbocycles. The summed E-state index contributed by atoms with van der Waals surface area (Å²) < 4.78 is 40.4. The van der Waals surface area contributed by atoms with Crippen LogP contribution in [0.15, 0.2) is 88.4 Å². The fourth-order valence-electron chi connectivity index (χ4n) is 2.92. The van der Waals surface area contributed by atoms with Gasteiger partial charge < -0.3 is 13.7 Å². The summed E-state index contributed by atoms with van der Waals surface area (Å²) in [5.41, 5.74) is 2.37. The lowest BCUT2D eigenvalue weighted by Crippen LogP contribution is -2.09. The van der Waals surface area contributed by atoms with Gasteiger partial charge in [-0.2, -0.15) is 8.42 Å². The number of rotatable bonds is 6. The Kier molecular flexibility index (Phi) is 5.79. The molecule has 7 nitrogen and oxygen atoms in total. The maximum atomic E-state index is 12.4. The van der Waals surface area contributed by atoms with E-state index >= 15 is 0 Å². The van der Waals surface area contributed by atoms with E-state index < -0.39 is 16.1 Å². The number of carbonyl (C=O) groups excluding carboxylic acids is 1. The van der Waals surface area contributed by atoms with E-state index in [1.54, 1.807) is 61.7 Å². The quantitative estimate of drug-likeness (QED) is 0.319.